The van der Waals surface area contributed by atoms with Gasteiger partial charge in [-0.3, -0.25) is 4.99 Å². The van der Waals surface area contributed by atoms with Crippen molar-refractivity contribution in [1.82, 2.24) is 30.3 Å². The molecule has 118 valence electrons. The quantitative estimate of drug-likeness (QED) is 0.569. The summed E-state index contributed by atoms with van der Waals surface area (Å²) in [6.45, 7) is 7.11. The number of aromatic nitrogens is 3. The van der Waals surface area contributed by atoms with E-state index in [0.717, 1.165) is 43.8 Å². The van der Waals surface area contributed by atoms with Crippen molar-refractivity contribution in [3.05, 3.63) is 12.2 Å². The van der Waals surface area contributed by atoms with E-state index in [1.165, 1.54) is 19.5 Å². The summed E-state index contributed by atoms with van der Waals surface area (Å²) in [6.07, 6.45) is 3.95. The minimum Gasteiger partial charge on any atom is -0.356 e. The van der Waals surface area contributed by atoms with Gasteiger partial charge in [0, 0.05) is 39.6 Å². The third-order valence-electron chi connectivity index (χ3n) is 3.93. The molecular formula is C14H27N7. The van der Waals surface area contributed by atoms with Gasteiger partial charge in [-0.2, -0.15) is 0 Å². The lowest BCUT2D eigenvalue weighted by Gasteiger charge is -2.15. The Labute approximate surface area is 126 Å². The third-order valence-corrected chi connectivity index (χ3v) is 3.93. The first-order valence-corrected chi connectivity index (χ1v) is 7.72. The molecule has 0 aromatic carbocycles. The molecule has 0 spiro atoms. The maximum Gasteiger partial charge on any atom is 0.191 e. The van der Waals surface area contributed by atoms with Gasteiger partial charge in [-0.1, -0.05) is 6.92 Å². The van der Waals surface area contributed by atoms with E-state index in [4.69, 9.17) is 0 Å². The van der Waals surface area contributed by atoms with E-state index in [-0.39, 0.29) is 0 Å². The van der Waals surface area contributed by atoms with Crippen LogP contribution in [0.4, 0.5) is 0 Å². The van der Waals surface area contributed by atoms with Gasteiger partial charge in [0.1, 0.15) is 12.2 Å². The fourth-order valence-corrected chi connectivity index (χ4v) is 2.69. The molecule has 1 saturated heterocycles. The Morgan fingerprint density at radius 1 is 1.48 bits per heavy atom. The standard InChI is InChI=1S/C14H27N7/c1-4-13-19-18-11-21(13)8-6-16-14(15-2)17-9-12-5-7-20(3)10-12/h11-12H,4-10H2,1-3H3,(H2,15,16,17). The van der Waals surface area contributed by atoms with Crippen LogP contribution in [0.2, 0.25) is 0 Å². The summed E-state index contributed by atoms with van der Waals surface area (Å²) in [6, 6.07) is 0. The number of nitrogens with one attached hydrogen (secondary N) is 2. The normalized spacial score (nSPS) is 20.0. The molecule has 1 aliphatic rings. The van der Waals surface area contributed by atoms with Gasteiger partial charge in [0.25, 0.3) is 0 Å². The van der Waals surface area contributed by atoms with Crippen LogP contribution in [0.25, 0.3) is 0 Å². The first-order chi connectivity index (χ1) is 10.2. The molecule has 1 aliphatic heterocycles. The van der Waals surface area contributed by atoms with Gasteiger partial charge in [-0.25, -0.2) is 0 Å². The van der Waals surface area contributed by atoms with Crippen molar-refractivity contribution in [2.24, 2.45) is 10.9 Å². The summed E-state index contributed by atoms with van der Waals surface area (Å²) in [5.74, 6) is 2.61. The van der Waals surface area contributed by atoms with Crippen LogP contribution in [0.5, 0.6) is 0 Å². The minimum absolute atomic E-state index is 0.720. The molecule has 0 radical (unpaired) electrons. The van der Waals surface area contributed by atoms with Crippen LogP contribution in [-0.4, -0.2) is 65.9 Å². The molecule has 7 heteroatoms. The van der Waals surface area contributed by atoms with Crippen molar-refractivity contribution in [2.45, 2.75) is 26.3 Å². The summed E-state index contributed by atoms with van der Waals surface area (Å²) >= 11 is 0. The number of hydrogen-bond donors (Lipinski definition) is 2. The number of nitrogens with zero attached hydrogens (tertiary/aromatic N) is 5. The summed E-state index contributed by atoms with van der Waals surface area (Å²) in [4.78, 5) is 6.65. The number of aliphatic imine (C=N–C) groups is 1. The zero-order valence-corrected chi connectivity index (χ0v) is 13.3. The second-order valence-electron chi connectivity index (χ2n) is 5.59. The fourth-order valence-electron chi connectivity index (χ4n) is 2.69. The highest BCUT2D eigenvalue weighted by molar-refractivity contribution is 5.79. The van der Waals surface area contributed by atoms with Crippen molar-refractivity contribution in [2.75, 3.05) is 40.3 Å². The monoisotopic (exact) mass is 293 g/mol. The van der Waals surface area contributed by atoms with Crippen LogP contribution in [0, 0.1) is 5.92 Å². The number of likely N-dealkylation sites (tertiary alicyclic amines) is 1. The van der Waals surface area contributed by atoms with Gasteiger partial charge in [0.2, 0.25) is 0 Å². The zero-order valence-electron chi connectivity index (χ0n) is 13.3. The molecule has 1 aromatic heterocycles. The predicted molar refractivity (Wildman–Crippen MR) is 84.4 cm³/mol. The van der Waals surface area contributed by atoms with Gasteiger partial charge in [-0.05, 0) is 25.9 Å². The first kappa shape index (κ1) is 15.8. The van der Waals surface area contributed by atoms with E-state index in [0.29, 0.717) is 0 Å². The second kappa shape index (κ2) is 7.97. The van der Waals surface area contributed by atoms with Crippen molar-refractivity contribution in [3.63, 3.8) is 0 Å². The number of hydrogen-bond acceptors (Lipinski definition) is 4. The molecule has 2 rings (SSSR count). The van der Waals surface area contributed by atoms with Crippen LogP contribution in [0.15, 0.2) is 11.3 Å². The van der Waals surface area contributed by atoms with Crippen molar-refractivity contribution < 1.29 is 0 Å². The van der Waals surface area contributed by atoms with Crippen molar-refractivity contribution in [3.8, 4) is 0 Å². The Morgan fingerprint density at radius 2 is 2.33 bits per heavy atom. The number of guanidine groups is 1. The summed E-state index contributed by atoms with van der Waals surface area (Å²) in [5.41, 5.74) is 0. The topological polar surface area (TPSA) is 70.4 Å². The van der Waals surface area contributed by atoms with Crippen LogP contribution < -0.4 is 10.6 Å². The predicted octanol–water partition coefficient (Wildman–Crippen LogP) is -0.0428. The van der Waals surface area contributed by atoms with Crippen molar-refractivity contribution >= 4 is 5.96 Å². The Balaban J connectivity index is 1.68. The van der Waals surface area contributed by atoms with E-state index in [1.807, 2.05) is 7.05 Å². The Bertz CT molecular complexity index is 454. The van der Waals surface area contributed by atoms with E-state index in [2.05, 4.69) is 49.3 Å². The van der Waals surface area contributed by atoms with E-state index in [9.17, 15) is 0 Å². The summed E-state index contributed by atoms with van der Waals surface area (Å²) in [7, 11) is 3.99. The lowest BCUT2D eigenvalue weighted by Crippen LogP contribution is -2.41. The largest absolute Gasteiger partial charge is 0.356 e. The average Bonchev–Trinajstić information content (AvgIpc) is 3.11. The molecule has 0 bridgehead atoms. The Hall–Kier alpha value is -1.63. The van der Waals surface area contributed by atoms with Gasteiger partial charge in [-0.15, -0.1) is 10.2 Å². The molecule has 0 amide bonds. The highest BCUT2D eigenvalue weighted by atomic mass is 15.3. The highest BCUT2D eigenvalue weighted by Crippen LogP contribution is 2.12. The molecule has 21 heavy (non-hydrogen) atoms. The van der Waals surface area contributed by atoms with Crippen LogP contribution in [-0.2, 0) is 13.0 Å². The molecule has 1 unspecified atom stereocenters. The van der Waals surface area contributed by atoms with Gasteiger partial charge in [0.05, 0.1) is 0 Å². The fraction of sp³-hybridized carbons (Fsp3) is 0.786. The number of rotatable bonds is 6. The number of aryl methyl sites for hydroxylation is 1. The van der Waals surface area contributed by atoms with Crippen LogP contribution in [0.1, 0.15) is 19.2 Å². The minimum atomic E-state index is 0.720. The average molecular weight is 293 g/mol. The first-order valence-electron chi connectivity index (χ1n) is 7.72. The Morgan fingerprint density at radius 3 is 3.00 bits per heavy atom. The molecule has 0 aliphatic carbocycles. The van der Waals surface area contributed by atoms with Crippen molar-refractivity contribution in [1.29, 1.82) is 0 Å². The molecule has 0 saturated carbocycles. The lowest BCUT2D eigenvalue weighted by molar-refractivity contribution is 0.394. The van der Waals surface area contributed by atoms with E-state index >= 15 is 0 Å². The molecular weight excluding hydrogens is 266 g/mol. The second-order valence-corrected chi connectivity index (χ2v) is 5.59. The molecule has 1 fully saturated rings. The highest BCUT2D eigenvalue weighted by Gasteiger charge is 2.19. The molecule has 2 heterocycles. The molecule has 1 aromatic rings. The van der Waals surface area contributed by atoms with Crippen LogP contribution in [0.3, 0.4) is 0 Å². The molecule has 1 atom stereocenters. The Kier molecular flexibility index (Phi) is 5.98. The summed E-state index contributed by atoms with van der Waals surface area (Å²) in [5, 5.41) is 14.8. The smallest absolute Gasteiger partial charge is 0.191 e. The third kappa shape index (κ3) is 4.70. The molecule has 7 nitrogen and oxygen atoms in total. The maximum absolute atomic E-state index is 4.27. The SMILES string of the molecule is CCc1nncn1CCNC(=NC)NCC1CCN(C)C1. The summed E-state index contributed by atoms with van der Waals surface area (Å²) < 4.78 is 2.08. The van der Waals surface area contributed by atoms with Crippen LogP contribution >= 0.6 is 0 Å². The van der Waals surface area contributed by atoms with Gasteiger partial charge in [0.15, 0.2) is 5.96 Å². The molecule has 2 N–H and O–H groups in total. The van der Waals surface area contributed by atoms with E-state index in [1.54, 1.807) is 6.33 Å². The van der Waals surface area contributed by atoms with E-state index < -0.39 is 0 Å². The zero-order chi connectivity index (χ0) is 15.1. The lowest BCUT2D eigenvalue weighted by atomic mass is 10.1. The maximum atomic E-state index is 4.27. The van der Waals surface area contributed by atoms with Gasteiger partial charge < -0.3 is 20.1 Å². The van der Waals surface area contributed by atoms with Gasteiger partial charge >= 0.3 is 0 Å².